The van der Waals surface area contributed by atoms with E-state index in [0.717, 1.165) is 26.2 Å². The van der Waals surface area contributed by atoms with E-state index in [1.807, 2.05) is 0 Å². The van der Waals surface area contributed by atoms with Gasteiger partial charge in [-0.25, -0.2) is 0 Å². The number of nitrogens with zero attached hydrogens (tertiary/aromatic N) is 1. The highest BCUT2D eigenvalue weighted by atomic mass is 16.5. The van der Waals surface area contributed by atoms with Crippen molar-refractivity contribution in [2.24, 2.45) is 0 Å². The van der Waals surface area contributed by atoms with Gasteiger partial charge in [0.15, 0.2) is 0 Å². The van der Waals surface area contributed by atoms with E-state index in [1.165, 1.54) is 19.4 Å². The van der Waals surface area contributed by atoms with E-state index in [-0.39, 0.29) is 5.54 Å². The van der Waals surface area contributed by atoms with Crippen LogP contribution in [0.25, 0.3) is 0 Å². The van der Waals surface area contributed by atoms with Crippen LogP contribution in [0, 0.1) is 0 Å². The Morgan fingerprint density at radius 2 is 2.19 bits per heavy atom. The van der Waals surface area contributed by atoms with E-state index in [4.69, 9.17) is 4.74 Å². The smallest absolute Gasteiger partial charge is 0.0673 e. The van der Waals surface area contributed by atoms with Crippen LogP contribution in [0.4, 0.5) is 0 Å². The number of hydrogen-bond acceptors (Lipinski definition) is 3. The van der Waals surface area contributed by atoms with Gasteiger partial charge in [-0.2, -0.15) is 0 Å². The molecule has 0 aliphatic carbocycles. The molecule has 16 heavy (non-hydrogen) atoms. The lowest BCUT2D eigenvalue weighted by Gasteiger charge is -2.33. The summed E-state index contributed by atoms with van der Waals surface area (Å²) in [5.41, 5.74) is 0.280. The molecule has 0 radical (unpaired) electrons. The highest BCUT2D eigenvalue weighted by Gasteiger charge is 2.27. The SMILES string of the molecule is CCOC(C)CN1CCCNC(C)(CC)C1. The van der Waals surface area contributed by atoms with Crippen molar-refractivity contribution in [3.05, 3.63) is 0 Å². The van der Waals surface area contributed by atoms with Gasteiger partial charge < -0.3 is 10.1 Å². The Morgan fingerprint density at radius 1 is 1.44 bits per heavy atom. The summed E-state index contributed by atoms with van der Waals surface area (Å²) in [5, 5.41) is 3.66. The predicted molar refractivity (Wildman–Crippen MR) is 68.8 cm³/mol. The van der Waals surface area contributed by atoms with Crippen molar-refractivity contribution in [1.82, 2.24) is 10.2 Å². The topological polar surface area (TPSA) is 24.5 Å². The molecule has 0 aromatic carbocycles. The fourth-order valence-electron chi connectivity index (χ4n) is 2.41. The summed E-state index contributed by atoms with van der Waals surface area (Å²) in [6.07, 6.45) is 2.78. The van der Waals surface area contributed by atoms with Gasteiger partial charge in [-0.05, 0) is 46.7 Å². The average Bonchev–Trinajstić information content (AvgIpc) is 2.41. The van der Waals surface area contributed by atoms with E-state index < -0.39 is 0 Å². The van der Waals surface area contributed by atoms with Gasteiger partial charge in [-0.1, -0.05) is 6.92 Å². The first-order chi connectivity index (χ1) is 7.59. The molecular weight excluding hydrogens is 200 g/mol. The first-order valence-electron chi connectivity index (χ1n) is 6.68. The van der Waals surface area contributed by atoms with Crippen molar-refractivity contribution < 1.29 is 4.74 Å². The average molecular weight is 228 g/mol. The summed E-state index contributed by atoms with van der Waals surface area (Å²) in [7, 11) is 0. The summed E-state index contributed by atoms with van der Waals surface area (Å²) < 4.78 is 5.63. The molecule has 1 N–H and O–H groups in total. The number of rotatable bonds is 5. The second-order valence-electron chi connectivity index (χ2n) is 5.20. The third-order valence-electron chi connectivity index (χ3n) is 3.52. The molecule has 3 nitrogen and oxygen atoms in total. The van der Waals surface area contributed by atoms with Crippen molar-refractivity contribution in [3.63, 3.8) is 0 Å². The van der Waals surface area contributed by atoms with Gasteiger partial charge in [0.05, 0.1) is 6.10 Å². The Hall–Kier alpha value is -0.120. The molecule has 0 saturated carbocycles. The third-order valence-corrected chi connectivity index (χ3v) is 3.52. The minimum absolute atomic E-state index is 0.280. The Balaban J connectivity index is 2.45. The predicted octanol–water partition coefficient (Wildman–Crippen LogP) is 1.88. The Kier molecular flexibility index (Phi) is 5.73. The van der Waals surface area contributed by atoms with Gasteiger partial charge in [-0.15, -0.1) is 0 Å². The molecule has 1 aliphatic heterocycles. The second-order valence-corrected chi connectivity index (χ2v) is 5.20. The molecule has 1 heterocycles. The highest BCUT2D eigenvalue weighted by molar-refractivity contribution is 4.88. The summed E-state index contributed by atoms with van der Waals surface area (Å²) in [6.45, 7) is 14.2. The number of ether oxygens (including phenoxy) is 1. The summed E-state index contributed by atoms with van der Waals surface area (Å²) in [4.78, 5) is 2.55. The lowest BCUT2D eigenvalue weighted by molar-refractivity contribution is 0.0414. The normalized spacial score (nSPS) is 30.0. The Bertz CT molecular complexity index is 198. The van der Waals surface area contributed by atoms with E-state index in [2.05, 4.69) is 37.9 Å². The summed E-state index contributed by atoms with van der Waals surface area (Å²) in [5.74, 6) is 0. The van der Waals surface area contributed by atoms with Crippen molar-refractivity contribution in [2.45, 2.75) is 52.2 Å². The van der Waals surface area contributed by atoms with Gasteiger partial charge in [-0.3, -0.25) is 4.90 Å². The van der Waals surface area contributed by atoms with Crippen LogP contribution in [-0.2, 0) is 4.74 Å². The van der Waals surface area contributed by atoms with Gasteiger partial charge >= 0.3 is 0 Å². The molecule has 0 bridgehead atoms. The molecule has 2 atom stereocenters. The quantitative estimate of drug-likeness (QED) is 0.777. The van der Waals surface area contributed by atoms with Crippen LogP contribution in [-0.4, -0.2) is 49.3 Å². The van der Waals surface area contributed by atoms with E-state index >= 15 is 0 Å². The molecule has 96 valence electrons. The summed E-state index contributed by atoms with van der Waals surface area (Å²) in [6, 6.07) is 0. The third kappa shape index (κ3) is 4.40. The second kappa shape index (κ2) is 6.58. The van der Waals surface area contributed by atoms with E-state index in [9.17, 15) is 0 Å². The fourth-order valence-corrected chi connectivity index (χ4v) is 2.41. The Morgan fingerprint density at radius 3 is 2.81 bits per heavy atom. The van der Waals surface area contributed by atoms with Gasteiger partial charge in [0, 0.05) is 25.2 Å². The van der Waals surface area contributed by atoms with Gasteiger partial charge in [0.1, 0.15) is 0 Å². The highest BCUT2D eigenvalue weighted by Crippen LogP contribution is 2.15. The molecule has 2 unspecified atom stereocenters. The van der Waals surface area contributed by atoms with E-state index in [0.29, 0.717) is 6.10 Å². The molecule has 0 aromatic rings. The maximum Gasteiger partial charge on any atom is 0.0673 e. The van der Waals surface area contributed by atoms with E-state index in [1.54, 1.807) is 0 Å². The molecule has 3 heteroatoms. The first kappa shape index (κ1) is 13.9. The monoisotopic (exact) mass is 228 g/mol. The molecule has 1 rings (SSSR count). The zero-order valence-electron chi connectivity index (χ0n) is 11.4. The first-order valence-corrected chi connectivity index (χ1v) is 6.68. The Labute approximate surface area is 101 Å². The van der Waals surface area contributed by atoms with Gasteiger partial charge in [0.25, 0.3) is 0 Å². The fraction of sp³-hybridized carbons (Fsp3) is 1.00. The standard InChI is InChI=1S/C13H28N2O/c1-5-13(4)11-15(9-7-8-14-13)10-12(3)16-6-2/h12,14H,5-11H2,1-4H3. The number of nitrogens with one attached hydrogen (secondary N) is 1. The molecule has 0 spiro atoms. The molecule has 0 amide bonds. The lowest BCUT2D eigenvalue weighted by Crippen LogP contribution is -2.49. The molecule has 1 saturated heterocycles. The minimum Gasteiger partial charge on any atom is -0.377 e. The minimum atomic E-state index is 0.280. The lowest BCUT2D eigenvalue weighted by atomic mass is 9.98. The molecular formula is C13H28N2O. The van der Waals surface area contributed by atoms with Gasteiger partial charge in [0.2, 0.25) is 0 Å². The van der Waals surface area contributed by atoms with Crippen LogP contribution >= 0.6 is 0 Å². The number of hydrogen-bond donors (Lipinski definition) is 1. The largest absolute Gasteiger partial charge is 0.377 e. The van der Waals surface area contributed by atoms with Crippen LogP contribution < -0.4 is 5.32 Å². The van der Waals surface area contributed by atoms with Crippen molar-refractivity contribution in [2.75, 3.05) is 32.8 Å². The summed E-state index contributed by atoms with van der Waals surface area (Å²) >= 11 is 0. The zero-order valence-corrected chi connectivity index (χ0v) is 11.4. The zero-order chi connectivity index (χ0) is 12.0. The van der Waals surface area contributed by atoms with Crippen molar-refractivity contribution in [3.8, 4) is 0 Å². The van der Waals surface area contributed by atoms with Crippen molar-refractivity contribution >= 4 is 0 Å². The molecule has 1 aliphatic rings. The van der Waals surface area contributed by atoms with Crippen LogP contribution in [0.15, 0.2) is 0 Å². The van der Waals surface area contributed by atoms with Crippen LogP contribution in [0.2, 0.25) is 0 Å². The molecule has 0 aromatic heterocycles. The van der Waals surface area contributed by atoms with Crippen LogP contribution in [0.1, 0.15) is 40.5 Å². The van der Waals surface area contributed by atoms with Crippen LogP contribution in [0.3, 0.4) is 0 Å². The van der Waals surface area contributed by atoms with Crippen LogP contribution in [0.5, 0.6) is 0 Å². The maximum atomic E-state index is 5.63. The maximum absolute atomic E-state index is 5.63. The molecule has 1 fully saturated rings. The van der Waals surface area contributed by atoms with Crippen molar-refractivity contribution in [1.29, 1.82) is 0 Å².